The van der Waals surface area contributed by atoms with Crippen LogP contribution in [0.4, 0.5) is 8.78 Å². The molecule has 0 amide bonds. The second-order valence-corrected chi connectivity index (χ2v) is 5.01. The Labute approximate surface area is 131 Å². The number of allylic oxidation sites excluding steroid dienone is 2. The topological polar surface area (TPSA) is 24.7 Å². The average Bonchev–Trinajstić information content (AvgIpc) is 2.49. The Bertz CT molecular complexity index is 630. The smallest absolute Gasteiger partial charge is 0.133 e. The van der Waals surface area contributed by atoms with Crippen molar-refractivity contribution in [2.45, 2.75) is 41.0 Å². The molecule has 22 heavy (non-hydrogen) atoms. The van der Waals surface area contributed by atoms with Crippen LogP contribution in [0, 0.1) is 11.6 Å². The van der Waals surface area contributed by atoms with Crippen molar-refractivity contribution in [3.63, 3.8) is 0 Å². The van der Waals surface area contributed by atoms with Crippen molar-refractivity contribution in [1.29, 1.82) is 0 Å². The molecule has 0 aliphatic rings. The first kappa shape index (κ1) is 18.0. The quantitative estimate of drug-likeness (QED) is 0.656. The van der Waals surface area contributed by atoms with Gasteiger partial charge < -0.3 is 0 Å². The van der Waals surface area contributed by atoms with E-state index in [1.807, 2.05) is 26.8 Å². The van der Waals surface area contributed by atoms with Crippen LogP contribution in [0.15, 0.2) is 40.6 Å². The van der Waals surface area contributed by atoms with Gasteiger partial charge in [0.05, 0.1) is 17.0 Å². The van der Waals surface area contributed by atoms with Gasteiger partial charge in [-0.05, 0) is 57.4 Å². The van der Waals surface area contributed by atoms with E-state index in [2.05, 4.69) is 9.98 Å². The number of aliphatic imine (C=N–C) groups is 2. The Hall–Kier alpha value is -2.10. The number of rotatable bonds is 5. The van der Waals surface area contributed by atoms with Gasteiger partial charge in [-0.1, -0.05) is 13.0 Å². The Kier molecular flexibility index (Phi) is 6.83. The molecule has 1 aromatic rings. The lowest BCUT2D eigenvalue weighted by Crippen LogP contribution is -2.04. The lowest BCUT2D eigenvalue weighted by molar-refractivity contribution is 0.573. The second kappa shape index (κ2) is 8.37. The highest BCUT2D eigenvalue weighted by Crippen LogP contribution is 2.23. The van der Waals surface area contributed by atoms with Crippen molar-refractivity contribution in [2.24, 2.45) is 9.98 Å². The Morgan fingerprint density at radius 3 is 2.09 bits per heavy atom. The van der Waals surface area contributed by atoms with Gasteiger partial charge >= 0.3 is 0 Å². The highest BCUT2D eigenvalue weighted by molar-refractivity contribution is 6.40. The fourth-order valence-electron chi connectivity index (χ4n) is 1.84. The molecule has 2 nitrogen and oxygen atoms in total. The molecule has 0 heterocycles. The SMILES string of the molecule is C/C=C\N=C(C)C(C)=N/C=C(\C)c1c(F)cc(CC)cc1F. The van der Waals surface area contributed by atoms with E-state index in [0.717, 1.165) is 5.71 Å². The predicted molar refractivity (Wildman–Crippen MR) is 90.4 cm³/mol. The highest BCUT2D eigenvalue weighted by Gasteiger charge is 2.12. The molecule has 1 rings (SSSR count). The maximum atomic E-state index is 14.0. The highest BCUT2D eigenvalue weighted by atomic mass is 19.1. The third-order valence-electron chi connectivity index (χ3n) is 3.30. The van der Waals surface area contributed by atoms with Crippen LogP contribution >= 0.6 is 0 Å². The molecule has 0 bridgehead atoms. The average molecular weight is 304 g/mol. The first-order chi connectivity index (χ1) is 10.4. The van der Waals surface area contributed by atoms with E-state index in [0.29, 0.717) is 23.3 Å². The van der Waals surface area contributed by atoms with Crippen LogP contribution in [0.25, 0.3) is 5.57 Å². The molecule has 0 spiro atoms. The molecular weight excluding hydrogens is 282 g/mol. The zero-order valence-corrected chi connectivity index (χ0v) is 13.7. The largest absolute Gasteiger partial charge is 0.260 e. The van der Waals surface area contributed by atoms with Crippen LogP contribution in [-0.4, -0.2) is 11.4 Å². The minimum Gasteiger partial charge on any atom is -0.260 e. The van der Waals surface area contributed by atoms with Gasteiger partial charge in [0.15, 0.2) is 0 Å². The molecule has 118 valence electrons. The summed E-state index contributed by atoms with van der Waals surface area (Å²) in [6, 6.07) is 2.73. The van der Waals surface area contributed by atoms with Crippen molar-refractivity contribution < 1.29 is 8.78 Å². The summed E-state index contributed by atoms with van der Waals surface area (Å²) in [5.74, 6) is -1.12. The normalized spacial score (nSPS) is 14.0. The Morgan fingerprint density at radius 1 is 1.05 bits per heavy atom. The maximum Gasteiger partial charge on any atom is 0.133 e. The number of hydrogen-bond donors (Lipinski definition) is 0. The van der Waals surface area contributed by atoms with E-state index in [4.69, 9.17) is 0 Å². The third kappa shape index (κ3) is 4.72. The van der Waals surface area contributed by atoms with Gasteiger partial charge in [0, 0.05) is 12.4 Å². The number of halogens is 2. The predicted octanol–water partition coefficient (Wildman–Crippen LogP) is 5.34. The molecule has 0 unspecified atom stereocenters. The van der Waals surface area contributed by atoms with Gasteiger partial charge in [0.2, 0.25) is 0 Å². The van der Waals surface area contributed by atoms with Crippen LogP contribution < -0.4 is 0 Å². The molecule has 4 heteroatoms. The summed E-state index contributed by atoms with van der Waals surface area (Å²) in [4.78, 5) is 8.41. The minimum absolute atomic E-state index is 0.0307. The van der Waals surface area contributed by atoms with Crippen LogP contribution in [0.3, 0.4) is 0 Å². The molecule has 0 fully saturated rings. The molecule has 0 aliphatic carbocycles. The third-order valence-corrected chi connectivity index (χ3v) is 3.30. The van der Waals surface area contributed by atoms with E-state index in [9.17, 15) is 8.78 Å². The van der Waals surface area contributed by atoms with Crippen LogP contribution in [-0.2, 0) is 6.42 Å². The van der Waals surface area contributed by atoms with Crippen molar-refractivity contribution in [3.8, 4) is 0 Å². The summed E-state index contributed by atoms with van der Waals surface area (Å²) in [5, 5.41) is 0. The molecule has 0 radical (unpaired) electrons. The lowest BCUT2D eigenvalue weighted by Gasteiger charge is -2.07. The lowest BCUT2D eigenvalue weighted by atomic mass is 10.0. The summed E-state index contributed by atoms with van der Waals surface area (Å²) in [6.45, 7) is 9.01. The number of benzene rings is 1. The summed E-state index contributed by atoms with van der Waals surface area (Å²) in [7, 11) is 0. The van der Waals surface area contributed by atoms with Crippen molar-refractivity contribution >= 4 is 17.0 Å². The van der Waals surface area contributed by atoms with E-state index >= 15 is 0 Å². The zero-order valence-electron chi connectivity index (χ0n) is 13.7. The van der Waals surface area contributed by atoms with Crippen molar-refractivity contribution in [3.05, 3.63) is 53.4 Å². The molecule has 0 saturated heterocycles. The first-order valence-electron chi connectivity index (χ1n) is 7.26. The Morgan fingerprint density at radius 2 is 1.59 bits per heavy atom. The summed E-state index contributed by atoms with van der Waals surface area (Å²) < 4.78 is 28.1. The second-order valence-electron chi connectivity index (χ2n) is 5.01. The fraction of sp³-hybridized carbons (Fsp3) is 0.333. The number of aryl methyl sites for hydroxylation is 1. The van der Waals surface area contributed by atoms with Gasteiger partial charge in [0.1, 0.15) is 11.6 Å². The molecular formula is C18H22F2N2. The molecule has 0 atom stereocenters. The maximum absolute atomic E-state index is 14.0. The number of nitrogens with zero attached hydrogens (tertiary/aromatic N) is 2. The van der Waals surface area contributed by atoms with Gasteiger partial charge in [-0.25, -0.2) is 8.78 Å². The molecule has 0 saturated carbocycles. The van der Waals surface area contributed by atoms with Crippen LogP contribution in [0.2, 0.25) is 0 Å². The molecule has 0 aliphatic heterocycles. The zero-order chi connectivity index (χ0) is 16.7. The van der Waals surface area contributed by atoms with Crippen LogP contribution in [0.5, 0.6) is 0 Å². The van der Waals surface area contributed by atoms with Gasteiger partial charge in [-0.3, -0.25) is 9.98 Å². The van der Waals surface area contributed by atoms with E-state index in [-0.39, 0.29) is 5.56 Å². The van der Waals surface area contributed by atoms with Crippen molar-refractivity contribution in [1.82, 2.24) is 0 Å². The monoisotopic (exact) mass is 304 g/mol. The van der Waals surface area contributed by atoms with E-state index in [1.54, 1.807) is 20.0 Å². The van der Waals surface area contributed by atoms with Crippen LogP contribution in [0.1, 0.15) is 45.7 Å². The van der Waals surface area contributed by atoms with E-state index < -0.39 is 11.6 Å². The molecule has 0 aromatic heterocycles. The molecule has 0 N–H and O–H groups in total. The van der Waals surface area contributed by atoms with Gasteiger partial charge in [-0.2, -0.15) is 0 Å². The summed E-state index contributed by atoms with van der Waals surface area (Å²) >= 11 is 0. The van der Waals surface area contributed by atoms with Gasteiger partial charge in [0.25, 0.3) is 0 Å². The molecule has 1 aromatic carbocycles. The van der Waals surface area contributed by atoms with Crippen molar-refractivity contribution in [2.75, 3.05) is 0 Å². The fourth-order valence-corrected chi connectivity index (χ4v) is 1.84. The van der Waals surface area contributed by atoms with E-state index in [1.165, 1.54) is 18.3 Å². The summed E-state index contributed by atoms with van der Waals surface area (Å²) in [6.07, 6.45) is 5.55. The Balaban J connectivity index is 3.13. The van der Waals surface area contributed by atoms with Gasteiger partial charge in [-0.15, -0.1) is 0 Å². The first-order valence-corrected chi connectivity index (χ1v) is 7.26. The number of hydrogen-bond acceptors (Lipinski definition) is 2. The minimum atomic E-state index is -0.558. The standard InChI is InChI=1S/C18H22F2N2/c1-6-8-21-13(4)14(5)22-11-12(3)18-16(19)9-15(7-2)10-17(18)20/h6,8-11H,7H2,1-5H3/b8-6-,12-11+,21-13?,22-14?. The summed E-state index contributed by atoms with van der Waals surface area (Å²) in [5.41, 5.74) is 2.50.